The number of hydrogen-bond donors (Lipinski definition) is 4. The predicted molar refractivity (Wildman–Crippen MR) is 115 cm³/mol. The van der Waals surface area contributed by atoms with Crippen molar-refractivity contribution in [3.8, 4) is 23.0 Å². The smallest absolute Gasteiger partial charge is 0.161 e. The first-order valence-corrected chi connectivity index (χ1v) is 8.89. The third-order valence-electron chi connectivity index (χ3n) is 4.10. The van der Waals surface area contributed by atoms with Crippen molar-refractivity contribution in [2.75, 3.05) is 0 Å². The minimum atomic E-state index is -0.0883. The van der Waals surface area contributed by atoms with Crippen LogP contribution in [0.2, 0.25) is 0 Å². The Balaban J connectivity index is 0.000000280. The molecule has 0 spiro atoms. The van der Waals surface area contributed by atoms with Gasteiger partial charge in [0.1, 0.15) is 0 Å². The highest BCUT2D eigenvalue weighted by molar-refractivity contribution is 5.50. The molecule has 2 aromatic carbocycles. The van der Waals surface area contributed by atoms with Crippen molar-refractivity contribution in [2.45, 2.75) is 25.7 Å². The SMILES string of the molecule is C=CCc1cc(O)c(O)cc1CC=C.C=CCc1ccc(O)c(O)c1CC=C. The van der Waals surface area contributed by atoms with E-state index in [1.54, 1.807) is 42.5 Å². The van der Waals surface area contributed by atoms with Gasteiger partial charge < -0.3 is 20.4 Å². The van der Waals surface area contributed by atoms with E-state index >= 15 is 0 Å². The Morgan fingerprint density at radius 3 is 1.43 bits per heavy atom. The number of phenols is 4. The summed E-state index contributed by atoms with van der Waals surface area (Å²) in [4.78, 5) is 0. The molecule has 0 saturated heterocycles. The van der Waals surface area contributed by atoms with Crippen LogP contribution >= 0.6 is 0 Å². The van der Waals surface area contributed by atoms with Gasteiger partial charge in [-0.15, -0.1) is 26.3 Å². The molecular formula is C24H28O4. The maximum Gasteiger partial charge on any atom is 0.161 e. The van der Waals surface area contributed by atoms with E-state index in [-0.39, 0.29) is 23.0 Å². The Hall–Kier alpha value is -3.40. The van der Waals surface area contributed by atoms with Crippen LogP contribution in [0.4, 0.5) is 0 Å². The van der Waals surface area contributed by atoms with Crippen LogP contribution in [-0.4, -0.2) is 20.4 Å². The average Bonchev–Trinajstić information content (AvgIpc) is 2.66. The van der Waals surface area contributed by atoms with Crippen molar-refractivity contribution in [2.24, 2.45) is 0 Å². The summed E-state index contributed by atoms with van der Waals surface area (Å²) in [7, 11) is 0. The summed E-state index contributed by atoms with van der Waals surface area (Å²) in [5.74, 6) is -0.316. The van der Waals surface area contributed by atoms with E-state index in [1.165, 1.54) is 6.07 Å². The zero-order chi connectivity index (χ0) is 21.1. The summed E-state index contributed by atoms with van der Waals surface area (Å²) in [6.45, 7) is 14.5. The molecule has 28 heavy (non-hydrogen) atoms. The van der Waals surface area contributed by atoms with E-state index < -0.39 is 0 Å². The van der Waals surface area contributed by atoms with Crippen LogP contribution in [0.3, 0.4) is 0 Å². The molecule has 2 rings (SSSR count). The van der Waals surface area contributed by atoms with E-state index in [1.807, 2.05) is 0 Å². The highest BCUT2D eigenvalue weighted by Crippen LogP contribution is 2.32. The van der Waals surface area contributed by atoms with Gasteiger partial charge in [0.2, 0.25) is 0 Å². The van der Waals surface area contributed by atoms with E-state index in [2.05, 4.69) is 26.3 Å². The summed E-state index contributed by atoms with van der Waals surface area (Å²) in [6.07, 6.45) is 9.56. The molecule has 0 heterocycles. The second kappa shape index (κ2) is 11.3. The number of rotatable bonds is 8. The molecule has 148 valence electrons. The topological polar surface area (TPSA) is 80.9 Å². The zero-order valence-electron chi connectivity index (χ0n) is 16.1. The third kappa shape index (κ3) is 6.09. The Bertz CT molecular complexity index is 804. The maximum absolute atomic E-state index is 9.60. The van der Waals surface area contributed by atoms with Gasteiger partial charge in [0.25, 0.3) is 0 Å². The average molecular weight is 380 g/mol. The van der Waals surface area contributed by atoms with E-state index in [9.17, 15) is 20.4 Å². The molecule has 4 nitrogen and oxygen atoms in total. The van der Waals surface area contributed by atoms with E-state index in [0.29, 0.717) is 25.7 Å². The Labute approximate surface area is 166 Å². The fourth-order valence-electron chi connectivity index (χ4n) is 2.74. The number of hydrogen-bond acceptors (Lipinski definition) is 4. The van der Waals surface area contributed by atoms with Gasteiger partial charge in [-0.3, -0.25) is 0 Å². The van der Waals surface area contributed by atoms with Gasteiger partial charge in [0.05, 0.1) is 0 Å². The minimum absolute atomic E-state index is 0.0516. The molecule has 4 N–H and O–H groups in total. The standard InChI is InChI=1S/2C12H14O2/c1-3-5-9-7-11(13)12(14)8-10(9)6-4-2;1-3-5-9-7-8-11(13)12(14)10(9)6-4-2/h2*3-4,7-8,13-14H,1-2,5-6H2. The highest BCUT2D eigenvalue weighted by Gasteiger charge is 2.09. The van der Waals surface area contributed by atoms with E-state index in [0.717, 1.165) is 22.3 Å². The van der Waals surface area contributed by atoms with Gasteiger partial charge in [-0.1, -0.05) is 30.4 Å². The Morgan fingerprint density at radius 1 is 0.571 bits per heavy atom. The monoisotopic (exact) mass is 380 g/mol. The Kier molecular flexibility index (Phi) is 9.17. The van der Waals surface area contributed by atoms with Gasteiger partial charge in [0.15, 0.2) is 23.0 Å². The molecule has 0 atom stereocenters. The van der Waals surface area contributed by atoms with Crippen LogP contribution in [0.1, 0.15) is 22.3 Å². The predicted octanol–water partition coefficient (Wildman–Crippen LogP) is 5.11. The number of phenolic OH excluding ortho intramolecular Hbond substituents is 4. The number of allylic oxidation sites excluding steroid dienone is 4. The molecule has 0 radical (unpaired) electrons. The summed E-state index contributed by atoms with van der Waals surface area (Å²) >= 11 is 0. The molecule has 0 aromatic heterocycles. The lowest BCUT2D eigenvalue weighted by Gasteiger charge is -2.09. The summed E-state index contributed by atoms with van der Waals surface area (Å²) in [6, 6.07) is 6.40. The lowest BCUT2D eigenvalue weighted by Crippen LogP contribution is -1.92. The van der Waals surface area contributed by atoms with Gasteiger partial charge in [-0.25, -0.2) is 0 Å². The first-order chi connectivity index (χ1) is 13.4. The second-order valence-electron chi connectivity index (χ2n) is 6.15. The molecule has 4 heteroatoms. The third-order valence-corrected chi connectivity index (χ3v) is 4.10. The fraction of sp³-hybridized carbons (Fsp3) is 0.167. The molecule has 0 saturated carbocycles. The van der Waals surface area contributed by atoms with Gasteiger partial charge in [-0.2, -0.15) is 0 Å². The van der Waals surface area contributed by atoms with Crippen LogP contribution in [-0.2, 0) is 25.7 Å². The molecule has 0 aliphatic rings. The molecule has 0 aliphatic carbocycles. The lowest BCUT2D eigenvalue weighted by molar-refractivity contribution is 0.399. The Morgan fingerprint density at radius 2 is 1.00 bits per heavy atom. The van der Waals surface area contributed by atoms with Crippen molar-refractivity contribution in [3.63, 3.8) is 0 Å². The minimum Gasteiger partial charge on any atom is -0.504 e. The molecule has 0 amide bonds. The van der Waals surface area contributed by atoms with Crippen molar-refractivity contribution >= 4 is 0 Å². The molecule has 0 fully saturated rings. The maximum atomic E-state index is 9.60. The fourth-order valence-corrected chi connectivity index (χ4v) is 2.74. The van der Waals surface area contributed by atoms with Gasteiger partial charge in [0, 0.05) is 5.56 Å². The largest absolute Gasteiger partial charge is 0.504 e. The summed E-state index contributed by atoms with van der Waals surface area (Å²) < 4.78 is 0. The van der Waals surface area contributed by atoms with Crippen LogP contribution in [0.25, 0.3) is 0 Å². The summed E-state index contributed by atoms with van der Waals surface area (Å²) in [5.41, 5.74) is 3.63. The van der Waals surface area contributed by atoms with Gasteiger partial charge >= 0.3 is 0 Å². The number of aromatic hydroxyl groups is 4. The van der Waals surface area contributed by atoms with Crippen molar-refractivity contribution < 1.29 is 20.4 Å². The van der Waals surface area contributed by atoms with E-state index in [4.69, 9.17) is 0 Å². The van der Waals surface area contributed by atoms with Crippen LogP contribution in [0.5, 0.6) is 23.0 Å². The summed E-state index contributed by atoms with van der Waals surface area (Å²) in [5, 5.41) is 37.5. The second-order valence-corrected chi connectivity index (χ2v) is 6.15. The molecular weight excluding hydrogens is 352 g/mol. The number of benzene rings is 2. The highest BCUT2D eigenvalue weighted by atomic mass is 16.3. The van der Waals surface area contributed by atoms with Crippen molar-refractivity contribution in [3.05, 3.63) is 97.1 Å². The van der Waals surface area contributed by atoms with Crippen LogP contribution < -0.4 is 0 Å². The first kappa shape index (κ1) is 22.6. The molecule has 0 aliphatic heterocycles. The normalized spacial score (nSPS) is 9.71. The zero-order valence-corrected chi connectivity index (χ0v) is 16.1. The van der Waals surface area contributed by atoms with Crippen LogP contribution in [0.15, 0.2) is 74.9 Å². The van der Waals surface area contributed by atoms with Gasteiger partial charge in [-0.05, 0) is 60.6 Å². The molecule has 2 aromatic rings. The van der Waals surface area contributed by atoms with Crippen LogP contribution in [0, 0.1) is 0 Å². The molecule has 0 bridgehead atoms. The lowest BCUT2D eigenvalue weighted by atomic mass is 10.00. The van der Waals surface area contributed by atoms with Crippen molar-refractivity contribution in [1.82, 2.24) is 0 Å². The first-order valence-electron chi connectivity index (χ1n) is 8.89. The molecule has 0 unspecified atom stereocenters. The quantitative estimate of drug-likeness (QED) is 0.379. The van der Waals surface area contributed by atoms with Crippen molar-refractivity contribution in [1.29, 1.82) is 0 Å².